The molecule has 0 aliphatic carbocycles. The molecule has 0 aliphatic rings. The van der Waals surface area contributed by atoms with E-state index in [1.165, 1.54) is 6.39 Å². The number of aromatic hydroxyl groups is 1. The zero-order valence-corrected chi connectivity index (χ0v) is 6.27. The van der Waals surface area contributed by atoms with Crippen LogP contribution in [-0.2, 0) is 0 Å². The summed E-state index contributed by atoms with van der Waals surface area (Å²) in [7, 11) is 0. The highest BCUT2D eigenvalue weighted by Gasteiger charge is 1.99. The Hall–Kier alpha value is -1.77. The van der Waals surface area contributed by atoms with Crippen LogP contribution in [0.4, 0.5) is 0 Å². The van der Waals surface area contributed by atoms with E-state index in [-0.39, 0.29) is 5.75 Å². The van der Waals surface area contributed by atoms with Crippen molar-refractivity contribution in [2.24, 2.45) is 0 Å². The molecule has 0 unspecified atom stereocenters. The molecule has 3 heteroatoms. The smallest absolute Gasteiger partial charge is 0.181 e. The van der Waals surface area contributed by atoms with Crippen LogP contribution in [0.5, 0.6) is 5.75 Å². The maximum Gasteiger partial charge on any atom is 0.181 e. The van der Waals surface area contributed by atoms with Crippen LogP contribution in [0, 0.1) is 0 Å². The topological polar surface area (TPSA) is 46.3 Å². The quantitative estimate of drug-likeness (QED) is 0.696. The molecule has 2 rings (SSSR count). The van der Waals surface area contributed by atoms with Crippen molar-refractivity contribution in [1.29, 1.82) is 0 Å². The SMILES string of the molecule is Oc1ccc(-c2cnco2)cc1. The van der Waals surface area contributed by atoms with Gasteiger partial charge in [-0.1, -0.05) is 0 Å². The number of phenols is 1. The highest BCUT2D eigenvalue weighted by molar-refractivity contribution is 5.56. The molecule has 1 aromatic heterocycles. The lowest BCUT2D eigenvalue weighted by atomic mass is 10.2. The number of nitrogens with zero attached hydrogens (tertiary/aromatic N) is 1. The standard InChI is InChI=1S/C9H7NO2/c11-8-3-1-7(2-4-8)9-5-10-6-12-9/h1-6,11H. The molecule has 0 radical (unpaired) electrons. The molecular weight excluding hydrogens is 154 g/mol. The van der Waals surface area contributed by atoms with Crippen molar-refractivity contribution in [3.63, 3.8) is 0 Å². The predicted octanol–water partition coefficient (Wildman–Crippen LogP) is 2.05. The molecule has 0 saturated carbocycles. The van der Waals surface area contributed by atoms with Gasteiger partial charge in [0.1, 0.15) is 5.75 Å². The minimum atomic E-state index is 0.248. The van der Waals surface area contributed by atoms with Crippen molar-refractivity contribution < 1.29 is 9.52 Å². The Bertz CT molecular complexity index is 351. The van der Waals surface area contributed by atoms with Gasteiger partial charge in [-0.3, -0.25) is 0 Å². The maximum atomic E-state index is 9.01. The minimum absolute atomic E-state index is 0.248. The number of hydrogen-bond donors (Lipinski definition) is 1. The number of oxazole rings is 1. The molecule has 0 aliphatic heterocycles. The van der Waals surface area contributed by atoms with Crippen molar-refractivity contribution in [1.82, 2.24) is 4.98 Å². The van der Waals surface area contributed by atoms with Gasteiger partial charge in [-0.25, -0.2) is 4.98 Å². The largest absolute Gasteiger partial charge is 0.508 e. The Morgan fingerprint density at radius 3 is 2.50 bits per heavy atom. The second-order valence-electron chi connectivity index (χ2n) is 2.41. The zero-order valence-electron chi connectivity index (χ0n) is 6.27. The molecule has 0 saturated heterocycles. The first-order chi connectivity index (χ1) is 5.86. The van der Waals surface area contributed by atoms with Gasteiger partial charge in [0.25, 0.3) is 0 Å². The fourth-order valence-corrected chi connectivity index (χ4v) is 0.984. The summed E-state index contributed by atoms with van der Waals surface area (Å²) in [6.07, 6.45) is 3.01. The van der Waals surface area contributed by atoms with Gasteiger partial charge < -0.3 is 9.52 Å². The van der Waals surface area contributed by atoms with E-state index in [4.69, 9.17) is 9.52 Å². The summed E-state index contributed by atoms with van der Waals surface area (Å²) in [6, 6.07) is 6.77. The summed E-state index contributed by atoms with van der Waals surface area (Å²) in [5.41, 5.74) is 0.908. The minimum Gasteiger partial charge on any atom is -0.508 e. The van der Waals surface area contributed by atoms with Gasteiger partial charge in [-0.05, 0) is 24.3 Å². The Labute approximate surface area is 69.3 Å². The van der Waals surface area contributed by atoms with E-state index in [1.807, 2.05) is 0 Å². The highest BCUT2D eigenvalue weighted by atomic mass is 16.3. The summed E-state index contributed by atoms with van der Waals surface area (Å²) < 4.78 is 5.07. The lowest BCUT2D eigenvalue weighted by molar-refractivity contribution is 0.475. The van der Waals surface area contributed by atoms with E-state index >= 15 is 0 Å². The number of rotatable bonds is 1. The van der Waals surface area contributed by atoms with Crippen molar-refractivity contribution in [3.8, 4) is 17.1 Å². The molecule has 1 aromatic carbocycles. The Morgan fingerprint density at radius 2 is 1.92 bits per heavy atom. The van der Waals surface area contributed by atoms with Crippen LogP contribution in [0.25, 0.3) is 11.3 Å². The molecule has 60 valence electrons. The summed E-state index contributed by atoms with van der Waals surface area (Å²) in [5.74, 6) is 0.952. The highest BCUT2D eigenvalue weighted by Crippen LogP contribution is 2.20. The Kier molecular flexibility index (Phi) is 1.55. The van der Waals surface area contributed by atoms with Crippen molar-refractivity contribution in [2.75, 3.05) is 0 Å². The average Bonchev–Trinajstić information content (AvgIpc) is 2.58. The maximum absolute atomic E-state index is 9.01. The van der Waals surface area contributed by atoms with E-state index in [9.17, 15) is 0 Å². The normalized spacial score (nSPS) is 10.0. The first kappa shape index (κ1) is 6.91. The number of phenolic OH excluding ortho intramolecular Hbond substituents is 1. The van der Waals surface area contributed by atoms with E-state index in [1.54, 1.807) is 30.5 Å². The zero-order chi connectivity index (χ0) is 8.39. The fourth-order valence-electron chi connectivity index (χ4n) is 0.984. The molecule has 2 aromatic rings. The second kappa shape index (κ2) is 2.70. The van der Waals surface area contributed by atoms with Crippen LogP contribution in [0.15, 0.2) is 41.3 Å². The third-order valence-corrected chi connectivity index (χ3v) is 1.58. The van der Waals surface area contributed by atoms with Gasteiger partial charge in [0.15, 0.2) is 12.2 Å². The third-order valence-electron chi connectivity index (χ3n) is 1.58. The third kappa shape index (κ3) is 1.16. The van der Waals surface area contributed by atoms with Gasteiger partial charge in [0, 0.05) is 5.56 Å². The van der Waals surface area contributed by atoms with Crippen LogP contribution < -0.4 is 0 Å². The van der Waals surface area contributed by atoms with Crippen LogP contribution in [-0.4, -0.2) is 10.1 Å². The summed E-state index contributed by atoms with van der Waals surface area (Å²) in [6.45, 7) is 0. The number of aromatic nitrogens is 1. The lowest BCUT2D eigenvalue weighted by Crippen LogP contribution is -1.71. The molecule has 0 bridgehead atoms. The molecule has 0 atom stereocenters. The molecule has 0 amide bonds. The van der Waals surface area contributed by atoms with Gasteiger partial charge in [-0.15, -0.1) is 0 Å². The summed E-state index contributed by atoms with van der Waals surface area (Å²) in [4.78, 5) is 3.79. The predicted molar refractivity (Wildman–Crippen MR) is 43.6 cm³/mol. The monoisotopic (exact) mass is 161 g/mol. The van der Waals surface area contributed by atoms with E-state index in [2.05, 4.69) is 4.98 Å². The molecule has 0 spiro atoms. The van der Waals surface area contributed by atoms with Crippen LogP contribution in [0.1, 0.15) is 0 Å². The van der Waals surface area contributed by atoms with E-state index < -0.39 is 0 Å². The Morgan fingerprint density at radius 1 is 1.17 bits per heavy atom. The van der Waals surface area contributed by atoms with E-state index in [0.717, 1.165) is 5.56 Å². The Balaban J connectivity index is 2.43. The van der Waals surface area contributed by atoms with Crippen molar-refractivity contribution in [3.05, 3.63) is 36.9 Å². The van der Waals surface area contributed by atoms with Crippen LogP contribution >= 0.6 is 0 Å². The number of hydrogen-bond acceptors (Lipinski definition) is 3. The average molecular weight is 161 g/mol. The second-order valence-corrected chi connectivity index (χ2v) is 2.41. The summed E-state index contributed by atoms with van der Waals surface area (Å²) >= 11 is 0. The van der Waals surface area contributed by atoms with Gasteiger partial charge >= 0.3 is 0 Å². The summed E-state index contributed by atoms with van der Waals surface area (Å²) in [5, 5.41) is 9.01. The van der Waals surface area contributed by atoms with Gasteiger partial charge in [-0.2, -0.15) is 0 Å². The van der Waals surface area contributed by atoms with Gasteiger partial charge in [0.05, 0.1) is 6.20 Å². The number of benzene rings is 1. The molecule has 0 fully saturated rings. The van der Waals surface area contributed by atoms with Gasteiger partial charge in [0.2, 0.25) is 0 Å². The first-order valence-corrected chi connectivity index (χ1v) is 3.54. The van der Waals surface area contributed by atoms with Crippen LogP contribution in [0.3, 0.4) is 0 Å². The molecular formula is C9H7NO2. The van der Waals surface area contributed by atoms with Crippen molar-refractivity contribution >= 4 is 0 Å². The fraction of sp³-hybridized carbons (Fsp3) is 0. The molecule has 3 nitrogen and oxygen atoms in total. The van der Waals surface area contributed by atoms with E-state index in [0.29, 0.717) is 5.76 Å². The van der Waals surface area contributed by atoms with Crippen molar-refractivity contribution in [2.45, 2.75) is 0 Å². The molecule has 1 N–H and O–H groups in total. The molecule has 12 heavy (non-hydrogen) atoms. The van der Waals surface area contributed by atoms with Crippen LogP contribution in [0.2, 0.25) is 0 Å². The first-order valence-electron chi connectivity index (χ1n) is 3.54. The lowest BCUT2D eigenvalue weighted by Gasteiger charge is -1.94. The molecule has 1 heterocycles.